The van der Waals surface area contributed by atoms with E-state index in [1.807, 2.05) is 28.8 Å². The second-order valence-electron chi connectivity index (χ2n) is 4.70. The van der Waals surface area contributed by atoms with Crippen LogP contribution in [0.15, 0.2) is 42.7 Å². The van der Waals surface area contributed by atoms with E-state index in [9.17, 15) is 4.79 Å². The van der Waals surface area contributed by atoms with E-state index in [0.29, 0.717) is 10.6 Å². The van der Waals surface area contributed by atoms with Crippen LogP contribution in [0.3, 0.4) is 0 Å². The number of Topliss-reactive ketones (excluding diaryl/α,β-unsaturated/α-hetero) is 1. The molecule has 3 aromatic rings. The predicted molar refractivity (Wildman–Crippen MR) is 82.6 cm³/mol. The first kappa shape index (κ1) is 13.6. The number of ketones is 1. The fraction of sp³-hybridized carbons (Fsp3) is 0.125. The first-order valence-electron chi connectivity index (χ1n) is 6.42. The largest absolute Gasteiger partial charge is 0.497 e. The molecular weight excluding hydrogens is 288 g/mol. The predicted octanol–water partition coefficient (Wildman–Crippen LogP) is 3.89. The molecule has 2 heterocycles. The SMILES string of the molecule is COc1ccc(-n2cc(Cl)c3cc(C(C)=O)cnc32)cc1. The third-order valence-electron chi connectivity index (χ3n) is 3.35. The zero-order valence-corrected chi connectivity index (χ0v) is 12.4. The molecule has 21 heavy (non-hydrogen) atoms. The minimum absolute atomic E-state index is 0.0299. The normalized spacial score (nSPS) is 10.8. The van der Waals surface area contributed by atoms with Crippen molar-refractivity contribution in [2.45, 2.75) is 6.92 Å². The van der Waals surface area contributed by atoms with Gasteiger partial charge in [0.2, 0.25) is 0 Å². The van der Waals surface area contributed by atoms with Crippen molar-refractivity contribution in [3.8, 4) is 11.4 Å². The number of hydrogen-bond acceptors (Lipinski definition) is 3. The molecule has 2 aromatic heterocycles. The summed E-state index contributed by atoms with van der Waals surface area (Å²) in [5.41, 5.74) is 2.20. The summed E-state index contributed by atoms with van der Waals surface area (Å²) in [6, 6.07) is 9.37. The Labute approximate surface area is 126 Å². The molecule has 0 radical (unpaired) electrons. The van der Waals surface area contributed by atoms with E-state index in [2.05, 4.69) is 4.98 Å². The molecule has 5 heteroatoms. The molecule has 0 spiro atoms. The van der Waals surface area contributed by atoms with Gasteiger partial charge in [0.15, 0.2) is 5.78 Å². The average Bonchev–Trinajstić information content (AvgIpc) is 2.84. The highest BCUT2D eigenvalue weighted by Gasteiger charge is 2.12. The molecule has 0 aliphatic rings. The summed E-state index contributed by atoms with van der Waals surface area (Å²) in [6.45, 7) is 1.51. The summed E-state index contributed by atoms with van der Waals surface area (Å²) in [4.78, 5) is 15.8. The molecule has 106 valence electrons. The Hall–Kier alpha value is -2.33. The number of carbonyl (C=O) groups excluding carboxylic acids is 1. The van der Waals surface area contributed by atoms with Crippen LogP contribution in [0.25, 0.3) is 16.7 Å². The van der Waals surface area contributed by atoms with E-state index in [4.69, 9.17) is 16.3 Å². The monoisotopic (exact) mass is 300 g/mol. The third kappa shape index (κ3) is 2.38. The van der Waals surface area contributed by atoms with Crippen LogP contribution in [0.2, 0.25) is 5.02 Å². The number of nitrogens with zero attached hydrogens (tertiary/aromatic N) is 2. The summed E-state index contributed by atoms with van der Waals surface area (Å²) in [5.74, 6) is 0.755. The van der Waals surface area contributed by atoms with Crippen LogP contribution in [-0.2, 0) is 0 Å². The van der Waals surface area contributed by atoms with Crippen LogP contribution >= 0.6 is 11.6 Å². The summed E-state index contributed by atoms with van der Waals surface area (Å²) in [6.07, 6.45) is 3.37. The van der Waals surface area contributed by atoms with E-state index in [1.54, 1.807) is 25.6 Å². The van der Waals surface area contributed by atoms with E-state index >= 15 is 0 Å². The lowest BCUT2D eigenvalue weighted by Gasteiger charge is -2.06. The summed E-state index contributed by atoms with van der Waals surface area (Å²) < 4.78 is 7.04. The molecule has 0 bridgehead atoms. The molecule has 0 aliphatic carbocycles. The lowest BCUT2D eigenvalue weighted by molar-refractivity contribution is 0.101. The maximum Gasteiger partial charge on any atom is 0.161 e. The number of ether oxygens (including phenoxy) is 1. The van der Waals surface area contributed by atoms with Crippen LogP contribution in [0, 0.1) is 0 Å². The fourth-order valence-corrected chi connectivity index (χ4v) is 2.44. The molecule has 0 N–H and O–H groups in total. The lowest BCUT2D eigenvalue weighted by atomic mass is 10.2. The van der Waals surface area contributed by atoms with Crippen molar-refractivity contribution < 1.29 is 9.53 Å². The van der Waals surface area contributed by atoms with Gasteiger partial charge in [-0.2, -0.15) is 0 Å². The van der Waals surface area contributed by atoms with E-state index < -0.39 is 0 Å². The molecule has 3 rings (SSSR count). The molecule has 0 saturated heterocycles. The Morgan fingerprint density at radius 3 is 2.62 bits per heavy atom. The van der Waals surface area contributed by atoms with Crippen LogP contribution < -0.4 is 4.74 Å². The zero-order valence-electron chi connectivity index (χ0n) is 11.6. The fourth-order valence-electron chi connectivity index (χ4n) is 2.20. The lowest BCUT2D eigenvalue weighted by Crippen LogP contribution is -1.97. The highest BCUT2D eigenvalue weighted by Crippen LogP contribution is 2.28. The Bertz CT molecular complexity index is 822. The van der Waals surface area contributed by atoms with Crippen molar-refractivity contribution in [2.75, 3.05) is 7.11 Å². The quantitative estimate of drug-likeness (QED) is 0.689. The van der Waals surface area contributed by atoms with Crippen molar-refractivity contribution in [2.24, 2.45) is 0 Å². The number of benzene rings is 1. The number of aromatic nitrogens is 2. The summed E-state index contributed by atoms with van der Waals surface area (Å²) in [7, 11) is 1.63. The van der Waals surface area contributed by atoms with Gasteiger partial charge in [0.05, 0.1) is 12.1 Å². The minimum Gasteiger partial charge on any atom is -0.497 e. The molecule has 0 unspecified atom stereocenters. The molecule has 0 atom stereocenters. The van der Waals surface area contributed by atoms with Gasteiger partial charge in [-0.25, -0.2) is 4.98 Å². The summed E-state index contributed by atoms with van der Waals surface area (Å²) >= 11 is 6.27. The number of pyridine rings is 1. The van der Waals surface area contributed by atoms with Crippen LogP contribution in [-0.4, -0.2) is 22.4 Å². The smallest absolute Gasteiger partial charge is 0.161 e. The molecule has 0 fully saturated rings. The number of methoxy groups -OCH3 is 1. The zero-order chi connectivity index (χ0) is 15.0. The van der Waals surface area contributed by atoms with Gasteiger partial charge in [0, 0.05) is 29.0 Å². The van der Waals surface area contributed by atoms with Crippen molar-refractivity contribution in [3.63, 3.8) is 0 Å². The third-order valence-corrected chi connectivity index (χ3v) is 3.65. The maximum absolute atomic E-state index is 11.4. The van der Waals surface area contributed by atoms with Gasteiger partial charge in [-0.05, 0) is 37.3 Å². The van der Waals surface area contributed by atoms with Gasteiger partial charge in [0.25, 0.3) is 0 Å². The highest BCUT2D eigenvalue weighted by atomic mass is 35.5. The second kappa shape index (κ2) is 5.22. The maximum atomic E-state index is 11.4. The number of hydrogen-bond donors (Lipinski definition) is 0. The Morgan fingerprint density at radius 2 is 2.00 bits per heavy atom. The molecule has 4 nitrogen and oxygen atoms in total. The molecule has 0 amide bonds. The number of fused-ring (bicyclic) bond motifs is 1. The first-order chi connectivity index (χ1) is 10.1. The van der Waals surface area contributed by atoms with E-state index in [-0.39, 0.29) is 5.78 Å². The van der Waals surface area contributed by atoms with Crippen molar-refractivity contribution in [1.82, 2.24) is 9.55 Å². The van der Waals surface area contributed by atoms with Gasteiger partial charge < -0.3 is 4.74 Å². The standard InChI is InChI=1S/C16H13ClN2O2/c1-10(20)11-7-14-15(17)9-19(16(14)18-8-11)12-3-5-13(21-2)6-4-12/h3-9H,1-2H3. The molecule has 1 aromatic carbocycles. The Morgan fingerprint density at radius 1 is 1.29 bits per heavy atom. The Kier molecular flexibility index (Phi) is 3.39. The number of halogens is 1. The number of rotatable bonds is 3. The summed E-state index contributed by atoms with van der Waals surface area (Å²) in [5, 5.41) is 1.33. The van der Waals surface area contributed by atoms with Gasteiger partial charge in [-0.3, -0.25) is 9.36 Å². The molecule has 0 aliphatic heterocycles. The van der Waals surface area contributed by atoms with Gasteiger partial charge in [-0.15, -0.1) is 0 Å². The average molecular weight is 301 g/mol. The van der Waals surface area contributed by atoms with Crippen LogP contribution in [0.4, 0.5) is 0 Å². The topological polar surface area (TPSA) is 44.1 Å². The van der Waals surface area contributed by atoms with Crippen molar-refractivity contribution in [3.05, 3.63) is 53.3 Å². The van der Waals surface area contributed by atoms with Gasteiger partial charge in [0.1, 0.15) is 11.4 Å². The van der Waals surface area contributed by atoms with Crippen LogP contribution in [0.5, 0.6) is 5.75 Å². The Balaban J connectivity index is 2.16. The highest BCUT2D eigenvalue weighted by molar-refractivity contribution is 6.35. The molecular formula is C16H13ClN2O2. The van der Waals surface area contributed by atoms with Crippen molar-refractivity contribution >= 4 is 28.4 Å². The number of carbonyl (C=O) groups is 1. The van der Waals surface area contributed by atoms with E-state index in [1.165, 1.54) is 6.92 Å². The molecule has 0 saturated carbocycles. The minimum atomic E-state index is -0.0299. The van der Waals surface area contributed by atoms with Crippen LogP contribution in [0.1, 0.15) is 17.3 Å². The van der Waals surface area contributed by atoms with E-state index in [0.717, 1.165) is 22.5 Å². The second-order valence-corrected chi connectivity index (χ2v) is 5.10. The van der Waals surface area contributed by atoms with Gasteiger partial charge >= 0.3 is 0 Å². The van der Waals surface area contributed by atoms with Crippen molar-refractivity contribution in [1.29, 1.82) is 0 Å². The van der Waals surface area contributed by atoms with Gasteiger partial charge in [-0.1, -0.05) is 11.6 Å². The first-order valence-corrected chi connectivity index (χ1v) is 6.80.